The largest absolute Gasteiger partial charge is 0.312 e. The van der Waals surface area contributed by atoms with Crippen LogP contribution in [-0.4, -0.2) is 13.0 Å². The molecule has 0 radical (unpaired) electrons. The van der Waals surface area contributed by atoms with E-state index in [-0.39, 0.29) is 11.8 Å². The van der Waals surface area contributed by atoms with Crippen molar-refractivity contribution < 1.29 is 9.18 Å². The summed E-state index contributed by atoms with van der Waals surface area (Å²) in [5.41, 5.74) is 1.20. The summed E-state index contributed by atoms with van der Waals surface area (Å²) >= 11 is 3.36. The fourth-order valence-electron chi connectivity index (χ4n) is 2.03. The number of benzene rings is 2. The Morgan fingerprint density at radius 1 is 1.15 bits per heavy atom. The van der Waals surface area contributed by atoms with Gasteiger partial charge in [0.2, 0.25) is 5.91 Å². The Morgan fingerprint density at radius 2 is 1.75 bits per heavy atom. The van der Waals surface area contributed by atoms with E-state index < -0.39 is 5.82 Å². The molecule has 1 amide bonds. The van der Waals surface area contributed by atoms with E-state index in [0.717, 1.165) is 10.0 Å². The molecule has 0 heterocycles. The van der Waals surface area contributed by atoms with Gasteiger partial charge in [-0.2, -0.15) is 0 Å². The summed E-state index contributed by atoms with van der Waals surface area (Å²) in [5, 5.41) is 0. The molecule has 0 aliphatic rings. The Morgan fingerprint density at radius 3 is 2.35 bits per heavy atom. The van der Waals surface area contributed by atoms with Gasteiger partial charge in [0.05, 0.1) is 11.6 Å². The highest BCUT2D eigenvalue weighted by Crippen LogP contribution is 2.24. The molecule has 1 atom stereocenters. The van der Waals surface area contributed by atoms with E-state index in [2.05, 4.69) is 15.9 Å². The number of amides is 1. The van der Waals surface area contributed by atoms with Crippen LogP contribution in [0.1, 0.15) is 18.4 Å². The molecule has 4 heteroatoms. The maximum absolute atomic E-state index is 13.7. The second-order valence-electron chi connectivity index (χ2n) is 4.62. The first-order valence-electron chi connectivity index (χ1n) is 6.28. The van der Waals surface area contributed by atoms with Gasteiger partial charge in [-0.25, -0.2) is 4.39 Å². The van der Waals surface area contributed by atoms with Crippen molar-refractivity contribution in [3.63, 3.8) is 0 Å². The number of likely N-dealkylation sites (N-methyl/N-ethyl adjacent to an activating group) is 1. The number of hydrogen-bond donors (Lipinski definition) is 0. The molecule has 0 aliphatic heterocycles. The summed E-state index contributed by atoms with van der Waals surface area (Å²) in [6.07, 6.45) is 0. The van der Waals surface area contributed by atoms with E-state index in [1.807, 2.05) is 31.2 Å². The Balaban J connectivity index is 2.22. The van der Waals surface area contributed by atoms with Crippen LogP contribution in [0.4, 0.5) is 10.1 Å². The van der Waals surface area contributed by atoms with Crippen LogP contribution in [0, 0.1) is 5.82 Å². The first-order chi connectivity index (χ1) is 9.50. The van der Waals surface area contributed by atoms with E-state index >= 15 is 0 Å². The molecule has 0 saturated heterocycles. The van der Waals surface area contributed by atoms with Gasteiger partial charge in [0.15, 0.2) is 0 Å². The summed E-state index contributed by atoms with van der Waals surface area (Å²) in [6, 6.07) is 13.8. The number of anilines is 1. The Kier molecular flexibility index (Phi) is 4.55. The van der Waals surface area contributed by atoms with Crippen LogP contribution in [0.2, 0.25) is 0 Å². The second-order valence-corrected chi connectivity index (χ2v) is 5.54. The molecule has 0 saturated carbocycles. The van der Waals surface area contributed by atoms with Crippen molar-refractivity contribution in [1.29, 1.82) is 0 Å². The SMILES string of the molecule is CC(C(=O)N(C)c1ccccc1F)c1ccc(Br)cc1. The van der Waals surface area contributed by atoms with Gasteiger partial charge in [0, 0.05) is 11.5 Å². The third kappa shape index (κ3) is 3.07. The number of carbonyl (C=O) groups excluding carboxylic acids is 1. The van der Waals surface area contributed by atoms with Gasteiger partial charge in [-0.1, -0.05) is 40.2 Å². The summed E-state index contributed by atoms with van der Waals surface area (Å²) in [6.45, 7) is 1.82. The predicted octanol–water partition coefficient (Wildman–Crippen LogP) is 4.35. The fourth-order valence-corrected chi connectivity index (χ4v) is 2.29. The van der Waals surface area contributed by atoms with Crippen LogP contribution in [0.25, 0.3) is 0 Å². The van der Waals surface area contributed by atoms with E-state index in [1.54, 1.807) is 25.2 Å². The molecule has 0 aromatic heterocycles. The van der Waals surface area contributed by atoms with Gasteiger partial charge in [-0.05, 0) is 36.8 Å². The molecule has 2 nitrogen and oxygen atoms in total. The minimum absolute atomic E-state index is 0.141. The molecule has 0 aliphatic carbocycles. The molecule has 0 bridgehead atoms. The zero-order valence-corrected chi connectivity index (χ0v) is 12.9. The average molecular weight is 336 g/mol. The Bertz CT molecular complexity index is 612. The average Bonchev–Trinajstić information content (AvgIpc) is 2.46. The normalized spacial score (nSPS) is 12.0. The molecule has 0 spiro atoms. The topological polar surface area (TPSA) is 20.3 Å². The lowest BCUT2D eigenvalue weighted by Crippen LogP contribution is -2.31. The van der Waals surface area contributed by atoms with E-state index in [0.29, 0.717) is 5.69 Å². The maximum atomic E-state index is 13.7. The molecule has 1 unspecified atom stereocenters. The number of hydrogen-bond acceptors (Lipinski definition) is 1. The maximum Gasteiger partial charge on any atom is 0.234 e. The fraction of sp³-hybridized carbons (Fsp3) is 0.188. The van der Waals surface area contributed by atoms with Crippen LogP contribution in [0.3, 0.4) is 0 Å². The quantitative estimate of drug-likeness (QED) is 0.816. The lowest BCUT2D eigenvalue weighted by Gasteiger charge is -2.22. The molecule has 2 aromatic carbocycles. The first-order valence-corrected chi connectivity index (χ1v) is 7.07. The monoisotopic (exact) mass is 335 g/mol. The Hall–Kier alpha value is -1.68. The van der Waals surface area contributed by atoms with Crippen LogP contribution in [0.5, 0.6) is 0 Å². The van der Waals surface area contributed by atoms with Crippen molar-refractivity contribution in [1.82, 2.24) is 0 Å². The minimum Gasteiger partial charge on any atom is -0.312 e. The third-order valence-corrected chi connectivity index (χ3v) is 3.81. The minimum atomic E-state index is -0.397. The number of rotatable bonds is 3. The van der Waals surface area contributed by atoms with Crippen molar-refractivity contribution >= 4 is 27.5 Å². The van der Waals surface area contributed by atoms with Gasteiger partial charge >= 0.3 is 0 Å². The van der Waals surface area contributed by atoms with Crippen molar-refractivity contribution in [2.45, 2.75) is 12.8 Å². The van der Waals surface area contributed by atoms with Gasteiger partial charge < -0.3 is 4.90 Å². The smallest absolute Gasteiger partial charge is 0.234 e. The lowest BCUT2D eigenvalue weighted by atomic mass is 10.00. The highest BCUT2D eigenvalue weighted by atomic mass is 79.9. The summed E-state index contributed by atoms with van der Waals surface area (Å²) < 4.78 is 14.7. The van der Waals surface area contributed by atoms with Gasteiger partial charge in [0.1, 0.15) is 5.82 Å². The molecule has 0 fully saturated rings. The summed E-state index contributed by atoms with van der Waals surface area (Å²) in [4.78, 5) is 13.8. The van der Waals surface area contributed by atoms with Crippen LogP contribution >= 0.6 is 15.9 Å². The van der Waals surface area contributed by atoms with E-state index in [1.165, 1.54) is 11.0 Å². The molecule has 104 valence electrons. The zero-order chi connectivity index (χ0) is 14.7. The zero-order valence-electron chi connectivity index (χ0n) is 11.3. The van der Waals surface area contributed by atoms with Gasteiger partial charge in [-0.3, -0.25) is 4.79 Å². The van der Waals surface area contributed by atoms with Crippen LogP contribution in [0.15, 0.2) is 53.0 Å². The molecule has 0 N–H and O–H groups in total. The number of para-hydroxylation sites is 1. The lowest BCUT2D eigenvalue weighted by molar-refractivity contribution is -0.119. The summed E-state index contributed by atoms with van der Waals surface area (Å²) in [5.74, 6) is -0.864. The highest BCUT2D eigenvalue weighted by Gasteiger charge is 2.21. The standard InChI is InChI=1S/C16H15BrFNO/c1-11(12-7-9-13(17)10-8-12)16(20)19(2)15-6-4-3-5-14(15)18/h3-11H,1-2H3. The predicted molar refractivity (Wildman–Crippen MR) is 82.4 cm³/mol. The van der Waals surface area contributed by atoms with Crippen LogP contribution in [-0.2, 0) is 4.79 Å². The molecular formula is C16H15BrFNO. The van der Waals surface area contributed by atoms with Crippen molar-refractivity contribution in [2.75, 3.05) is 11.9 Å². The Labute approximate surface area is 126 Å². The van der Waals surface area contributed by atoms with Crippen LogP contribution < -0.4 is 4.90 Å². The number of carbonyl (C=O) groups is 1. The van der Waals surface area contributed by atoms with E-state index in [4.69, 9.17) is 0 Å². The first kappa shape index (κ1) is 14.7. The molecule has 2 aromatic rings. The molecule has 2 rings (SSSR count). The van der Waals surface area contributed by atoms with Crippen molar-refractivity contribution in [3.05, 3.63) is 64.4 Å². The number of halogens is 2. The molecular weight excluding hydrogens is 321 g/mol. The molecule has 20 heavy (non-hydrogen) atoms. The van der Waals surface area contributed by atoms with Crippen molar-refractivity contribution in [2.24, 2.45) is 0 Å². The van der Waals surface area contributed by atoms with Crippen molar-refractivity contribution in [3.8, 4) is 0 Å². The van der Waals surface area contributed by atoms with E-state index in [9.17, 15) is 9.18 Å². The second kappa shape index (κ2) is 6.18. The van der Waals surface area contributed by atoms with Gasteiger partial charge in [-0.15, -0.1) is 0 Å². The van der Waals surface area contributed by atoms with Gasteiger partial charge in [0.25, 0.3) is 0 Å². The number of nitrogens with zero attached hydrogens (tertiary/aromatic N) is 1. The highest BCUT2D eigenvalue weighted by molar-refractivity contribution is 9.10. The summed E-state index contributed by atoms with van der Waals surface area (Å²) in [7, 11) is 1.59. The third-order valence-electron chi connectivity index (χ3n) is 3.28.